The molecule has 1 aliphatic rings. The van der Waals surface area contributed by atoms with E-state index in [0.29, 0.717) is 11.8 Å². The van der Waals surface area contributed by atoms with Crippen LogP contribution < -0.4 is 0 Å². The van der Waals surface area contributed by atoms with Gasteiger partial charge in [0.1, 0.15) is 0 Å². The van der Waals surface area contributed by atoms with E-state index in [1.165, 1.54) is 13.2 Å². The molecule has 1 N–H and O–H groups in total. The van der Waals surface area contributed by atoms with E-state index in [-0.39, 0.29) is 18.0 Å². The zero-order valence-corrected chi connectivity index (χ0v) is 12.2. The lowest BCUT2D eigenvalue weighted by Crippen LogP contribution is -2.40. The van der Waals surface area contributed by atoms with Crippen molar-refractivity contribution in [2.45, 2.75) is 32.8 Å². The Bertz CT molecular complexity index is 498. The van der Waals surface area contributed by atoms with E-state index in [1.54, 1.807) is 13.0 Å². The predicted octanol–water partition coefficient (Wildman–Crippen LogP) is 2.45. The molecule has 0 aromatic heterocycles. The van der Waals surface area contributed by atoms with Crippen LogP contribution in [-0.4, -0.2) is 29.8 Å². The van der Waals surface area contributed by atoms with Gasteiger partial charge in [0.15, 0.2) is 5.60 Å². The summed E-state index contributed by atoms with van der Waals surface area (Å²) in [5, 5.41) is 9.06. The smallest absolute Gasteiger partial charge is 0.340 e. The third-order valence-corrected chi connectivity index (χ3v) is 3.56. The maximum absolute atomic E-state index is 11.6. The topological polar surface area (TPSA) is 72.8 Å². The molecule has 0 bridgehead atoms. The summed E-state index contributed by atoms with van der Waals surface area (Å²) >= 11 is 0. The third kappa shape index (κ3) is 2.61. The van der Waals surface area contributed by atoms with Crippen LogP contribution in [0.25, 0.3) is 0 Å². The number of rotatable bonds is 4. The molecule has 0 unspecified atom stereocenters. The van der Waals surface area contributed by atoms with Crippen LogP contribution in [-0.2, 0) is 19.1 Å². The van der Waals surface area contributed by atoms with Gasteiger partial charge in [-0.3, -0.25) is 4.79 Å². The predicted molar refractivity (Wildman–Crippen MR) is 73.9 cm³/mol. The molecule has 110 valence electrons. The molecule has 5 heteroatoms. The van der Waals surface area contributed by atoms with Gasteiger partial charge in [-0.25, -0.2) is 4.79 Å². The van der Waals surface area contributed by atoms with Gasteiger partial charge >= 0.3 is 11.9 Å². The Hall–Kier alpha value is -2.04. The van der Waals surface area contributed by atoms with Crippen LogP contribution in [0, 0.1) is 5.41 Å². The number of hydrogen-bond acceptors (Lipinski definition) is 5. The van der Waals surface area contributed by atoms with Crippen molar-refractivity contribution in [1.29, 1.82) is 0 Å². The Morgan fingerprint density at radius 2 is 2.10 bits per heavy atom. The maximum atomic E-state index is 11.6. The fraction of sp³-hybridized carbons (Fsp3) is 0.467. The molecule has 1 atom stereocenters. The summed E-state index contributed by atoms with van der Waals surface area (Å²) in [6.45, 7) is 9.41. The lowest BCUT2D eigenvalue weighted by atomic mass is 9.71. The minimum Gasteiger partial charge on any atom is -0.515 e. The third-order valence-electron chi connectivity index (χ3n) is 3.56. The fourth-order valence-corrected chi connectivity index (χ4v) is 2.40. The van der Waals surface area contributed by atoms with Gasteiger partial charge < -0.3 is 14.6 Å². The molecule has 1 fully saturated rings. The van der Waals surface area contributed by atoms with Gasteiger partial charge in [-0.2, -0.15) is 0 Å². The second-order valence-corrected chi connectivity index (χ2v) is 5.46. The summed E-state index contributed by atoms with van der Waals surface area (Å²) < 4.78 is 9.98. The van der Waals surface area contributed by atoms with Crippen molar-refractivity contribution >= 4 is 11.9 Å². The fourth-order valence-electron chi connectivity index (χ4n) is 2.40. The molecule has 0 aromatic rings. The van der Waals surface area contributed by atoms with Crippen molar-refractivity contribution in [1.82, 2.24) is 0 Å². The van der Waals surface area contributed by atoms with Gasteiger partial charge in [-0.05, 0) is 24.6 Å². The summed E-state index contributed by atoms with van der Waals surface area (Å²) in [5.74, 6) is -1.00. The van der Waals surface area contributed by atoms with E-state index in [4.69, 9.17) is 9.84 Å². The lowest BCUT2D eigenvalue weighted by molar-refractivity contribution is -0.144. The van der Waals surface area contributed by atoms with Crippen LogP contribution in [0.3, 0.4) is 0 Å². The molecule has 0 spiro atoms. The molecule has 0 amide bonds. The van der Waals surface area contributed by atoms with Crippen LogP contribution in [0.2, 0.25) is 0 Å². The van der Waals surface area contributed by atoms with Crippen molar-refractivity contribution in [3.63, 3.8) is 0 Å². The van der Waals surface area contributed by atoms with Gasteiger partial charge in [0.2, 0.25) is 0 Å². The number of carbonyl (C=O) groups is 2. The highest BCUT2D eigenvalue weighted by molar-refractivity contribution is 5.91. The molecule has 20 heavy (non-hydrogen) atoms. The SMILES string of the molecule is C=C(C)[C@@]1(/C=C/C(=C\O)C(=O)OC)OC(=O)CC1(C)C. The normalized spacial score (nSPS) is 25.6. The van der Waals surface area contributed by atoms with E-state index >= 15 is 0 Å². The average molecular weight is 280 g/mol. The number of aliphatic hydroxyl groups is 1. The lowest BCUT2D eigenvalue weighted by Gasteiger charge is -2.36. The summed E-state index contributed by atoms with van der Waals surface area (Å²) in [7, 11) is 1.22. The first-order valence-corrected chi connectivity index (χ1v) is 6.20. The van der Waals surface area contributed by atoms with Crippen molar-refractivity contribution in [2.75, 3.05) is 7.11 Å². The van der Waals surface area contributed by atoms with Crippen molar-refractivity contribution < 1.29 is 24.2 Å². The van der Waals surface area contributed by atoms with E-state index in [1.807, 2.05) is 13.8 Å². The minimum atomic E-state index is -1.01. The number of ether oxygens (including phenoxy) is 2. The number of cyclic esters (lactones) is 1. The quantitative estimate of drug-likeness (QED) is 0.281. The molecule has 1 heterocycles. The molecular formula is C15H20O5. The number of aliphatic hydroxyl groups excluding tert-OH is 1. The van der Waals surface area contributed by atoms with Crippen molar-refractivity contribution in [3.05, 3.63) is 36.1 Å². The van der Waals surface area contributed by atoms with Crippen molar-refractivity contribution in [3.8, 4) is 0 Å². The first-order chi connectivity index (χ1) is 9.20. The van der Waals surface area contributed by atoms with Gasteiger partial charge in [-0.15, -0.1) is 0 Å². The first-order valence-electron chi connectivity index (χ1n) is 6.20. The Balaban J connectivity index is 3.21. The van der Waals surface area contributed by atoms with E-state index in [9.17, 15) is 9.59 Å². The molecule has 0 aliphatic carbocycles. The van der Waals surface area contributed by atoms with Gasteiger partial charge in [0.05, 0.1) is 25.4 Å². The van der Waals surface area contributed by atoms with Crippen LogP contribution in [0.1, 0.15) is 27.2 Å². The number of methoxy groups -OCH3 is 1. The van der Waals surface area contributed by atoms with Gasteiger partial charge in [-0.1, -0.05) is 20.4 Å². The molecule has 0 saturated carbocycles. The maximum Gasteiger partial charge on any atom is 0.340 e. The summed E-state index contributed by atoms with van der Waals surface area (Å²) in [5.41, 5.74) is -0.895. The van der Waals surface area contributed by atoms with E-state index < -0.39 is 17.0 Å². The van der Waals surface area contributed by atoms with Crippen LogP contribution >= 0.6 is 0 Å². The second kappa shape index (κ2) is 5.53. The molecule has 0 radical (unpaired) electrons. The molecule has 1 aliphatic heterocycles. The summed E-state index contributed by atoms with van der Waals surface area (Å²) in [4.78, 5) is 23.0. The highest BCUT2D eigenvalue weighted by atomic mass is 16.6. The monoisotopic (exact) mass is 280 g/mol. The van der Waals surface area contributed by atoms with E-state index in [0.717, 1.165) is 0 Å². The van der Waals surface area contributed by atoms with Crippen LogP contribution in [0.5, 0.6) is 0 Å². The highest BCUT2D eigenvalue weighted by Crippen LogP contribution is 2.48. The second-order valence-electron chi connectivity index (χ2n) is 5.46. The van der Waals surface area contributed by atoms with E-state index in [2.05, 4.69) is 11.3 Å². The first kappa shape index (κ1) is 16.0. The standard InChI is InChI=1S/C15H20O5/c1-10(2)15(14(3,4)8-12(17)20-15)7-6-11(9-16)13(18)19-5/h6-7,9,16H,1,8H2,2-5H3/b7-6+,11-9+/t15-/m1/s1. The largest absolute Gasteiger partial charge is 0.515 e. The highest BCUT2D eigenvalue weighted by Gasteiger charge is 2.54. The van der Waals surface area contributed by atoms with Crippen LogP contribution in [0.4, 0.5) is 0 Å². The van der Waals surface area contributed by atoms with Gasteiger partial charge in [0.25, 0.3) is 0 Å². The molecule has 5 nitrogen and oxygen atoms in total. The Morgan fingerprint density at radius 1 is 1.50 bits per heavy atom. The number of carbonyl (C=O) groups excluding carboxylic acids is 2. The summed E-state index contributed by atoms with van der Waals surface area (Å²) in [6, 6.07) is 0. The van der Waals surface area contributed by atoms with Crippen LogP contribution in [0.15, 0.2) is 36.1 Å². The van der Waals surface area contributed by atoms with Gasteiger partial charge in [0, 0.05) is 5.41 Å². The number of esters is 2. The molecule has 1 saturated heterocycles. The summed E-state index contributed by atoms with van der Waals surface area (Å²) in [6.07, 6.45) is 3.85. The Morgan fingerprint density at radius 3 is 2.45 bits per heavy atom. The minimum absolute atomic E-state index is 0.0353. The Labute approximate surface area is 118 Å². The zero-order chi connectivity index (χ0) is 15.6. The Kier molecular flexibility index (Phi) is 4.43. The average Bonchev–Trinajstić information content (AvgIpc) is 2.59. The molecular weight excluding hydrogens is 260 g/mol. The molecule has 0 aromatic carbocycles. The molecule has 1 rings (SSSR count). The van der Waals surface area contributed by atoms with Crippen molar-refractivity contribution in [2.24, 2.45) is 5.41 Å². The zero-order valence-electron chi connectivity index (χ0n) is 12.2. The number of hydrogen-bond donors (Lipinski definition) is 1.